The van der Waals surface area contributed by atoms with E-state index in [0.717, 1.165) is 62.8 Å². The molecular formula is C36H60N2O2. The average molecular weight is 553 g/mol. The van der Waals surface area contributed by atoms with Crippen LogP contribution in [0.4, 0.5) is 0 Å². The van der Waals surface area contributed by atoms with E-state index in [1.165, 1.54) is 77.0 Å². The highest BCUT2D eigenvalue weighted by Crippen LogP contribution is 2.29. The van der Waals surface area contributed by atoms with E-state index in [1.807, 2.05) is 0 Å². The van der Waals surface area contributed by atoms with Crippen LogP contribution in [0.2, 0.25) is 0 Å². The number of nitrogens with two attached hydrogens (primary N) is 1. The number of nitrogens with zero attached hydrogens (tertiary/aromatic N) is 1. The first-order valence-corrected chi connectivity index (χ1v) is 15.8. The van der Waals surface area contributed by atoms with Crippen LogP contribution in [0.5, 0.6) is 0 Å². The van der Waals surface area contributed by atoms with Gasteiger partial charge in [0.1, 0.15) is 0 Å². The molecule has 2 N–H and O–H groups in total. The maximum absolute atomic E-state index is 11.8. The fourth-order valence-corrected chi connectivity index (χ4v) is 4.71. The molecule has 1 rings (SSSR count). The van der Waals surface area contributed by atoms with E-state index in [9.17, 15) is 9.59 Å². The summed E-state index contributed by atoms with van der Waals surface area (Å²) in [6, 6.07) is 0. The fraction of sp³-hybridized carbons (Fsp3) is 0.611. The number of hydrogen-bond acceptors (Lipinski definition) is 2. The molecule has 4 nitrogen and oxygen atoms in total. The van der Waals surface area contributed by atoms with Crippen molar-refractivity contribution in [3.63, 3.8) is 0 Å². The fourth-order valence-electron chi connectivity index (χ4n) is 4.71. The number of rotatable bonds is 21. The van der Waals surface area contributed by atoms with Crippen molar-refractivity contribution in [2.45, 2.75) is 129 Å². The van der Waals surface area contributed by atoms with Gasteiger partial charge in [-0.1, -0.05) is 130 Å². The van der Waals surface area contributed by atoms with Crippen LogP contribution in [0.25, 0.3) is 0 Å². The van der Waals surface area contributed by atoms with Gasteiger partial charge in [-0.2, -0.15) is 0 Å². The van der Waals surface area contributed by atoms with Crippen LogP contribution < -0.4 is 5.73 Å². The second-order valence-corrected chi connectivity index (χ2v) is 11.2. The van der Waals surface area contributed by atoms with Crippen LogP contribution >= 0.6 is 0 Å². The monoisotopic (exact) mass is 552 g/mol. The smallest absolute Gasteiger partial charge is 0.248 e. The van der Waals surface area contributed by atoms with Gasteiger partial charge in [-0.25, -0.2) is 0 Å². The lowest BCUT2D eigenvalue weighted by Crippen LogP contribution is -2.31. The number of carbonyl (C=O) groups is 2. The second-order valence-electron chi connectivity index (χ2n) is 11.2. The van der Waals surface area contributed by atoms with Crippen molar-refractivity contribution in [1.82, 2.24) is 4.90 Å². The third-order valence-electron chi connectivity index (χ3n) is 7.72. The van der Waals surface area contributed by atoms with Gasteiger partial charge in [-0.15, -0.1) is 0 Å². The Balaban J connectivity index is 0.000000760. The first kappa shape index (κ1) is 37.4. The molecule has 1 heterocycles. The molecule has 1 aliphatic rings. The molecule has 1 fully saturated rings. The predicted molar refractivity (Wildman–Crippen MR) is 175 cm³/mol. The summed E-state index contributed by atoms with van der Waals surface area (Å²) in [5.74, 6) is -0.213. The van der Waals surface area contributed by atoms with Gasteiger partial charge in [0.25, 0.3) is 0 Å². The van der Waals surface area contributed by atoms with Crippen molar-refractivity contribution < 1.29 is 9.59 Å². The molecule has 0 aromatic heterocycles. The molecular weight excluding hydrogens is 492 g/mol. The van der Waals surface area contributed by atoms with Crippen molar-refractivity contribution in [3.05, 3.63) is 72.9 Å². The number of allylic oxidation sites excluding steroid dienone is 4. The second kappa shape index (κ2) is 23.1. The summed E-state index contributed by atoms with van der Waals surface area (Å²) < 4.78 is 0. The lowest BCUT2D eigenvalue weighted by molar-refractivity contribution is -0.130. The van der Waals surface area contributed by atoms with Crippen molar-refractivity contribution in [2.75, 3.05) is 13.1 Å². The highest BCUT2D eigenvalue weighted by molar-refractivity contribution is 5.97. The lowest BCUT2D eigenvalue weighted by atomic mass is 9.88. The molecule has 0 aromatic carbocycles. The Kier molecular flexibility index (Phi) is 21.6. The van der Waals surface area contributed by atoms with Crippen molar-refractivity contribution in [1.29, 1.82) is 0 Å². The van der Waals surface area contributed by atoms with Crippen LogP contribution in [0.1, 0.15) is 129 Å². The zero-order valence-corrected chi connectivity index (χ0v) is 26.2. The number of likely N-dealkylation sites (tertiary alicyclic amines) is 1. The van der Waals surface area contributed by atoms with Crippen molar-refractivity contribution in [2.24, 2.45) is 5.73 Å². The first-order chi connectivity index (χ1) is 19.1. The maximum Gasteiger partial charge on any atom is 0.248 e. The first-order valence-electron chi connectivity index (χ1n) is 15.8. The Bertz CT molecular complexity index is 864. The molecule has 0 bridgehead atoms. The molecule has 0 saturated carbocycles. The Morgan fingerprint density at radius 2 is 1.12 bits per heavy atom. The average Bonchev–Trinajstić information content (AvgIpc) is 3.15. The van der Waals surface area contributed by atoms with Crippen LogP contribution in [0.3, 0.4) is 0 Å². The van der Waals surface area contributed by atoms with E-state index < -0.39 is 5.91 Å². The summed E-state index contributed by atoms with van der Waals surface area (Å²) in [6.45, 7) is 29.7. The molecule has 1 saturated heterocycles. The number of amides is 2. The minimum absolute atomic E-state index is 0.139. The minimum Gasteiger partial charge on any atom is -0.366 e. The maximum atomic E-state index is 11.8. The van der Waals surface area contributed by atoms with Gasteiger partial charge in [0.05, 0.1) is 0 Å². The zero-order valence-electron chi connectivity index (χ0n) is 26.2. The molecule has 2 amide bonds. The Hall–Kier alpha value is -2.62. The lowest BCUT2D eigenvalue weighted by Gasteiger charge is -2.20. The topological polar surface area (TPSA) is 63.4 Å². The summed E-state index contributed by atoms with van der Waals surface area (Å²) >= 11 is 0. The van der Waals surface area contributed by atoms with E-state index in [0.29, 0.717) is 22.6 Å². The molecule has 0 aromatic rings. The SMILES string of the molecule is C=C(CCCCC)C(=C)C(=C)C(=C)C(=C)C(=C)C(N)=O.CCCCCCCCCCCCN1CCCCCC1=O. The number of unbranched alkanes of at least 4 members (excludes halogenated alkanes) is 11. The normalized spacial score (nSPS) is 13.1. The van der Waals surface area contributed by atoms with E-state index in [2.05, 4.69) is 58.2 Å². The van der Waals surface area contributed by atoms with Crippen LogP contribution in [0.15, 0.2) is 72.9 Å². The summed E-state index contributed by atoms with van der Waals surface area (Å²) in [4.78, 5) is 25.0. The van der Waals surface area contributed by atoms with Gasteiger partial charge < -0.3 is 10.6 Å². The number of primary amides is 1. The molecule has 4 heteroatoms. The highest BCUT2D eigenvalue weighted by atomic mass is 16.2. The van der Waals surface area contributed by atoms with Gasteiger partial charge >= 0.3 is 0 Å². The number of carbonyl (C=O) groups excluding carboxylic acids is 2. The standard InChI is InChI=1S/C18H35NO.C18H25NO/c1-2-3-4-5-6-7-8-9-10-13-16-19-17-14-11-12-15-18(19)20;1-8-9-10-11-12(2)13(3)14(4)15(5)16(6)17(7)18(19)20/h2-17H2,1H3;2-11H2,1H3,(H2,19,20). The van der Waals surface area contributed by atoms with Crippen LogP contribution in [0, 0.1) is 0 Å². The van der Waals surface area contributed by atoms with Gasteiger partial charge in [-0.05, 0) is 60.0 Å². The van der Waals surface area contributed by atoms with E-state index >= 15 is 0 Å². The molecule has 0 spiro atoms. The molecule has 226 valence electrons. The third kappa shape index (κ3) is 16.5. The minimum atomic E-state index is -0.615. The summed E-state index contributed by atoms with van der Waals surface area (Å²) in [7, 11) is 0. The Morgan fingerprint density at radius 1 is 0.650 bits per heavy atom. The molecule has 1 aliphatic heterocycles. The Morgan fingerprint density at radius 3 is 1.68 bits per heavy atom. The summed E-state index contributed by atoms with van der Waals surface area (Å²) in [5.41, 5.74) is 8.53. The van der Waals surface area contributed by atoms with Crippen LogP contribution in [-0.2, 0) is 9.59 Å². The molecule has 0 aliphatic carbocycles. The van der Waals surface area contributed by atoms with Crippen molar-refractivity contribution >= 4 is 11.8 Å². The summed E-state index contributed by atoms with van der Waals surface area (Å²) in [5, 5.41) is 0. The van der Waals surface area contributed by atoms with Gasteiger partial charge in [0.2, 0.25) is 11.8 Å². The highest BCUT2D eigenvalue weighted by Gasteiger charge is 2.16. The largest absolute Gasteiger partial charge is 0.366 e. The molecule has 0 radical (unpaired) electrons. The third-order valence-corrected chi connectivity index (χ3v) is 7.72. The van der Waals surface area contributed by atoms with E-state index in [4.69, 9.17) is 5.73 Å². The molecule has 0 unspecified atom stereocenters. The van der Waals surface area contributed by atoms with E-state index in [1.54, 1.807) is 0 Å². The Labute approximate surface area is 247 Å². The van der Waals surface area contributed by atoms with Gasteiger partial charge in [0, 0.05) is 25.1 Å². The summed E-state index contributed by atoms with van der Waals surface area (Å²) in [6.07, 6.45) is 22.3. The number of hydrogen-bond donors (Lipinski definition) is 1. The quantitative estimate of drug-likeness (QED) is 0.0875. The molecule has 40 heavy (non-hydrogen) atoms. The van der Waals surface area contributed by atoms with Gasteiger partial charge in [0.15, 0.2) is 0 Å². The predicted octanol–water partition coefficient (Wildman–Crippen LogP) is 9.70. The van der Waals surface area contributed by atoms with Crippen molar-refractivity contribution in [3.8, 4) is 0 Å². The zero-order chi connectivity index (χ0) is 30.3. The van der Waals surface area contributed by atoms with Crippen LogP contribution in [-0.4, -0.2) is 29.8 Å². The van der Waals surface area contributed by atoms with E-state index in [-0.39, 0.29) is 5.57 Å². The molecule has 0 atom stereocenters. The van der Waals surface area contributed by atoms with Gasteiger partial charge in [-0.3, -0.25) is 9.59 Å².